The molecule has 1 heterocycles. The number of aryl methyl sites for hydroxylation is 1. The molecule has 0 spiro atoms. The lowest BCUT2D eigenvalue weighted by atomic mass is 9.71. The molecule has 0 saturated carbocycles. The van der Waals surface area contributed by atoms with Crippen molar-refractivity contribution in [1.29, 1.82) is 0 Å². The fourth-order valence-corrected chi connectivity index (χ4v) is 4.01. The number of hydrogen-bond acceptors (Lipinski definition) is 3. The number of aliphatic hydroxyl groups excluding tert-OH is 1. The third-order valence-corrected chi connectivity index (χ3v) is 5.54. The van der Waals surface area contributed by atoms with Gasteiger partial charge in [0.05, 0.1) is 12.2 Å². The van der Waals surface area contributed by atoms with Gasteiger partial charge in [0.1, 0.15) is 5.75 Å². The second-order valence-corrected chi connectivity index (χ2v) is 7.86. The predicted octanol–water partition coefficient (Wildman–Crippen LogP) is 4.50. The summed E-state index contributed by atoms with van der Waals surface area (Å²) in [6, 6.07) is 11.9. The summed E-state index contributed by atoms with van der Waals surface area (Å²) >= 11 is 0. The van der Waals surface area contributed by atoms with Gasteiger partial charge < -0.3 is 14.8 Å². The molecule has 4 rings (SSSR count). The molecule has 0 aliphatic heterocycles. The minimum absolute atomic E-state index is 0.0722. The molecule has 0 radical (unpaired) electrons. The summed E-state index contributed by atoms with van der Waals surface area (Å²) in [5.74, 6) is 0.839. The first-order valence-corrected chi connectivity index (χ1v) is 9.49. The average molecular weight is 363 g/mol. The Morgan fingerprint density at radius 2 is 1.93 bits per heavy atom. The standard InChI is InChI=1S/C23H25NO3/c1-14-6-9-19-17(12-14)20-21(26)16-8-7-15(27-11-5-4-10-25)13-18(16)23(2,3)22(20)24-19/h6-9,12-13,24-25H,4-5,10-11H2,1-3H3. The Bertz CT molecular complexity index is 1030. The molecule has 0 bridgehead atoms. The van der Waals surface area contributed by atoms with E-state index in [9.17, 15) is 4.79 Å². The van der Waals surface area contributed by atoms with E-state index < -0.39 is 0 Å². The monoisotopic (exact) mass is 363 g/mol. The summed E-state index contributed by atoms with van der Waals surface area (Å²) in [4.78, 5) is 16.8. The normalized spacial score (nSPS) is 14.9. The van der Waals surface area contributed by atoms with Crippen molar-refractivity contribution in [3.63, 3.8) is 0 Å². The number of aliphatic hydroxyl groups is 1. The number of carbonyl (C=O) groups excluding carboxylic acids is 1. The highest BCUT2D eigenvalue weighted by Crippen LogP contribution is 2.44. The maximum absolute atomic E-state index is 13.3. The number of ether oxygens (including phenoxy) is 1. The van der Waals surface area contributed by atoms with Crippen LogP contribution in [-0.4, -0.2) is 29.1 Å². The number of benzene rings is 2. The van der Waals surface area contributed by atoms with Crippen molar-refractivity contribution >= 4 is 16.7 Å². The fourth-order valence-electron chi connectivity index (χ4n) is 4.01. The number of rotatable bonds is 5. The molecule has 140 valence electrons. The lowest BCUT2D eigenvalue weighted by Crippen LogP contribution is -2.30. The van der Waals surface area contributed by atoms with Gasteiger partial charge in [-0.25, -0.2) is 0 Å². The Labute approximate surface area is 159 Å². The smallest absolute Gasteiger partial charge is 0.195 e. The molecule has 1 aliphatic rings. The number of ketones is 1. The highest BCUT2D eigenvalue weighted by molar-refractivity contribution is 6.20. The van der Waals surface area contributed by atoms with Gasteiger partial charge in [-0.05, 0) is 55.7 Å². The first-order valence-electron chi connectivity index (χ1n) is 9.49. The van der Waals surface area contributed by atoms with E-state index >= 15 is 0 Å². The Morgan fingerprint density at radius 1 is 1.11 bits per heavy atom. The zero-order valence-corrected chi connectivity index (χ0v) is 16.1. The Kier molecular flexibility index (Phi) is 4.31. The first kappa shape index (κ1) is 17.8. The summed E-state index contributed by atoms with van der Waals surface area (Å²) in [7, 11) is 0. The number of H-pyrrole nitrogens is 1. The van der Waals surface area contributed by atoms with Crippen LogP contribution < -0.4 is 4.74 Å². The van der Waals surface area contributed by atoms with Crippen molar-refractivity contribution in [2.75, 3.05) is 13.2 Å². The molecule has 0 amide bonds. The van der Waals surface area contributed by atoms with Crippen molar-refractivity contribution in [2.24, 2.45) is 0 Å². The fraction of sp³-hybridized carbons (Fsp3) is 0.348. The van der Waals surface area contributed by atoms with Gasteiger partial charge >= 0.3 is 0 Å². The van der Waals surface area contributed by atoms with E-state index in [4.69, 9.17) is 9.84 Å². The second kappa shape index (κ2) is 6.54. The van der Waals surface area contributed by atoms with Crippen LogP contribution in [-0.2, 0) is 5.41 Å². The summed E-state index contributed by atoms with van der Waals surface area (Å²) < 4.78 is 5.83. The number of hydrogen-bond donors (Lipinski definition) is 2. The topological polar surface area (TPSA) is 62.3 Å². The molecule has 0 unspecified atom stereocenters. The van der Waals surface area contributed by atoms with E-state index in [-0.39, 0.29) is 17.8 Å². The van der Waals surface area contributed by atoms with Gasteiger partial charge in [-0.2, -0.15) is 0 Å². The van der Waals surface area contributed by atoms with Crippen LogP contribution in [0.1, 0.15) is 59.4 Å². The van der Waals surface area contributed by atoms with Gasteiger partial charge in [0.25, 0.3) is 0 Å². The van der Waals surface area contributed by atoms with Gasteiger partial charge in [-0.3, -0.25) is 4.79 Å². The van der Waals surface area contributed by atoms with Crippen LogP contribution >= 0.6 is 0 Å². The molecular formula is C23H25NO3. The van der Waals surface area contributed by atoms with E-state index in [1.807, 2.05) is 31.2 Å². The highest BCUT2D eigenvalue weighted by atomic mass is 16.5. The summed E-state index contributed by atoms with van der Waals surface area (Å²) in [6.45, 7) is 7.08. The van der Waals surface area contributed by atoms with Gasteiger partial charge in [-0.1, -0.05) is 25.5 Å². The SMILES string of the molecule is Cc1ccc2[nH]c3c(c2c1)C(=O)c1ccc(OCCCCO)cc1C3(C)C. The maximum Gasteiger partial charge on any atom is 0.195 e. The number of unbranched alkanes of at least 4 members (excludes halogenated alkanes) is 1. The second-order valence-electron chi connectivity index (χ2n) is 7.86. The summed E-state index contributed by atoms with van der Waals surface area (Å²) in [5, 5.41) is 9.89. The molecule has 1 aromatic heterocycles. The first-order chi connectivity index (χ1) is 12.9. The average Bonchev–Trinajstić information content (AvgIpc) is 3.03. The lowest BCUT2D eigenvalue weighted by Gasteiger charge is -2.32. The Hall–Kier alpha value is -2.59. The molecular weight excluding hydrogens is 338 g/mol. The van der Waals surface area contributed by atoms with E-state index in [1.165, 1.54) is 0 Å². The van der Waals surface area contributed by atoms with Crippen LogP contribution in [0.25, 0.3) is 10.9 Å². The summed E-state index contributed by atoms with van der Waals surface area (Å²) in [5.41, 5.74) is 5.32. The number of aromatic amines is 1. The van der Waals surface area contributed by atoms with Gasteiger partial charge in [0.2, 0.25) is 0 Å². The third-order valence-electron chi connectivity index (χ3n) is 5.54. The van der Waals surface area contributed by atoms with Crippen LogP contribution in [0.5, 0.6) is 5.75 Å². The van der Waals surface area contributed by atoms with Gasteiger partial charge in [-0.15, -0.1) is 0 Å². The van der Waals surface area contributed by atoms with Crippen molar-refractivity contribution in [3.05, 3.63) is 64.3 Å². The molecule has 2 aromatic carbocycles. The predicted molar refractivity (Wildman–Crippen MR) is 107 cm³/mol. The van der Waals surface area contributed by atoms with Crippen LogP contribution in [0.15, 0.2) is 36.4 Å². The largest absolute Gasteiger partial charge is 0.494 e. The van der Waals surface area contributed by atoms with Gasteiger partial charge in [0.15, 0.2) is 5.78 Å². The minimum atomic E-state index is -0.323. The maximum atomic E-state index is 13.3. The molecule has 0 fully saturated rings. The van der Waals surface area contributed by atoms with Crippen LogP contribution in [0.3, 0.4) is 0 Å². The number of nitrogens with one attached hydrogen (secondary N) is 1. The summed E-state index contributed by atoms with van der Waals surface area (Å²) in [6.07, 6.45) is 1.54. The third kappa shape index (κ3) is 2.85. The minimum Gasteiger partial charge on any atom is -0.494 e. The van der Waals surface area contributed by atoms with Gasteiger partial charge in [0, 0.05) is 34.2 Å². The molecule has 3 aromatic rings. The zero-order valence-electron chi connectivity index (χ0n) is 16.1. The van der Waals surface area contributed by atoms with E-state index in [1.54, 1.807) is 0 Å². The number of aromatic nitrogens is 1. The van der Waals surface area contributed by atoms with E-state index in [0.717, 1.165) is 57.4 Å². The van der Waals surface area contributed by atoms with Crippen LogP contribution in [0.4, 0.5) is 0 Å². The van der Waals surface area contributed by atoms with Crippen LogP contribution in [0.2, 0.25) is 0 Å². The Morgan fingerprint density at radius 3 is 2.70 bits per heavy atom. The Balaban J connectivity index is 1.79. The quantitative estimate of drug-likeness (QED) is 0.656. The van der Waals surface area contributed by atoms with E-state index in [0.29, 0.717) is 6.61 Å². The molecule has 1 aliphatic carbocycles. The van der Waals surface area contributed by atoms with Crippen molar-refractivity contribution < 1.29 is 14.6 Å². The van der Waals surface area contributed by atoms with Crippen molar-refractivity contribution in [2.45, 2.75) is 39.0 Å². The number of fused-ring (bicyclic) bond motifs is 4. The molecule has 27 heavy (non-hydrogen) atoms. The van der Waals surface area contributed by atoms with Crippen molar-refractivity contribution in [3.8, 4) is 5.75 Å². The highest BCUT2D eigenvalue weighted by Gasteiger charge is 2.39. The van der Waals surface area contributed by atoms with Crippen molar-refractivity contribution in [1.82, 2.24) is 4.98 Å². The lowest BCUT2D eigenvalue weighted by molar-refractivity contribution is 0.103. The molecule has 0 saturated heterocycles. The van der Waals surface area contributed by atoms with E-state index in [2.05, 4.69) is 31.0 Å². The zero-order chi connectivity index (χ0) is 19.2. The van der Waals surface area contributed by atoms with Crippen LogP contribution in [0, 0.1) is 6.92 Å². The molecule has 0 atom stereocenters. The molecule has 4 heteroatoms. The molecule has 2 N–H and O–H groups in total. The number of carbonyl (C=O) groups is 1. The molecule has 4 nitrogen and oxygen atoms in total.